The van der Waals surface area contributed by atoms with Crippen LogP contribution in [0.5, 0.6) is 5.75 Å². The molecule has 0 saturated carbocycles. The van der Waals surface area contributed by atoms with E-state index in [1.807, 2.05) is 35.8 Å². The molecule has 3 N–H and O–H groups in total. The fraction of sp³-hybridized carbons (Fsp3) is 0.480. The lowest BCUT2D eigenvalue weighted by Crippen LogP contribution is -2.42. The second kappa shape index (κ2) is 12.0. The van der Waals surface area contributed by atoms with Gasteiger partial charge in [0.2, 0.25) is 0 Å². The number of carbonyl (C=O) groups is 1. The normalized spacial score (nSPS) is 19.8. The molecule has 182 valence electrons. The quantitative estimate of drug-likeness (QED) is 0.366. The lowest BCUT2D eigenvalue weighted by molar-refractivity contribution is -0.139. The summed E-state index contributed by atoms with van der Waals surface area (Å²) in [5.41, 5.74) is 8.62. The minimum absolute atomic E-state index is 0.129. The van der Waals surface area contributed by atoms with E-state index in [1.165, 1.54) is 0 Å². The smallest absolute Gasteiger partial charge is 0.303 e. The molecule has 7 nitrogen and oxygen atoms in total. The van der Waals surface area contributed by atoms with Gasteiger partial charge in [-0.2, -0.15) is 0 Å². The molecule has 2 aromatic heterocycles. The van der Waals surface area contributed by atoms with Crippen LogP contribution in [0.15, 0.2) is 46.4 Å². The molecule has 1 aliphatic rings. The van der Waals surface area contributed by atoms with Gasteiger partial charge in [0.05, 0.1) is 12.6 Å². The number of ether oxygens (including phenoxy) is 1. The molecule has 1 fully saturated rings. The van der Waals surface area contributed by atoms with Gasteiger partial charge < -0.3 is 20.5 Å². The molecule has 4 rings (SSSR count). The van der Waals surface area contributed by atoms with E-state index < -0.39 is 5.97 Å². The summed E-state index contributed by atoms with van der Waals surface area (Å²) in [5.74, 6) is 1.56. The molecule has 1 saturated heterocycles. The molecule has 34 heavy (non-hydrogen) atoms. The minimum Gasteiger partial charge on any atom is -0.497 e. The number of piperidine rings is 1. The summed E-state index contributed by atoms with van der Waals surface area (Å²) in [6.45, 7) is 2.79. The number of thiazole rings is 1. The zero-order valence-electron chi connectivity index (χ0n) is 19.4. The van der Waals surface area contributed by atoms with Crippen molar-refractivity contribution in [2.45, 2.75) is 36.1 Å². The summed E-state index contributed by atoms with van der Waals surface area (Å²) in [6.07, 6.45) is 6.60. The molecule has 1 aliphatic heterocycles. The Morgan fingerprint density at radius 1 is 1.32 bits per heavy atom. The van der Waals surface area contributed by atoms with Crippen LogP contribution in [0.1, 0.15) is 37.3 Å². The third-order valence-corrected chi connectivity index (χ3v) is 8.63. The minimum atomic E-state index is -0.717. The number of fused-ring (bicyclic) bond motifs is 1. The average Bonchev–Trinajstić information content (AvgIpc) is 3.36. The number of carboxylic acid groups (broad SMARTS) is 1. The topological polar surface area (TPSA) is 102 Å². The Kier molecular flexibility index (Phi) is 8.77. The van der Waals surface area contributed by atoms with E-state index in [0.29, 0.717) is 5.92 Å². The van der Waals surface area contributed by atoms with Crippen LogP contribution < -0.4 is 10.5 Å². The number of nitrogens with two attached hydrogens (primary N) is 1. The summed E-state index contributed by atoms with van der Waals surface area (Å²) >= 11 is 3.43. The Morgan fingerprint density at radius 2 is 2.21 bits per heavy atom. The van der Waals surface area contributed by atoms with Crippen molar-refractivity contribution in [1.82, 2.24) is 14.9 Å². The van der Waals surface area contributed by atoms with Gasteiger partial charge in [-0.15, -0.1) is 11.3 Å². The predicted octanol–water partition coefficient (Wildman–Crippen LogP) is 4.69. The maximum Gasteiger partial charge on any atom is 0.303 e. The number of pyridine rings is 1. The highest BCUT2D eigenvalue weighted by molar-refractivity contribution is 8.01. The second-order valence-electron chi connectivity index (χ2n) is 8.82. The van der Waals surface area contributed by atoms with Crippen LogP contribution in [0.3, 0.4) is 0 Å². The zero-order valence-corrected chi connectivity index (χ0v) is 21.1. The van der Waals surface area contributed by atoms with Crippen molar-refractivity contribution in [2.75, 3.05) is 32.5 Å². The van der Waals surface area contributed by atoms with Gasteiger partial charge in [0, 0.05) is 54.5 Å². The molecular formula is C25H32N4O3S2. The summed E-state index contributed by atoms with van der Waals surface area (Å²) in [5, 5.41) is 12.5. The van der Waals surface area contributed by atoms with Crippen molar-refractivity contribution in [2.24, 2.45) is 17.6 Å². The van der Waals surface area contributed by atoms with Crippen molar-refractivity contribution in [3.8, 4) is 5.75 Å². The molecule has 9 heteroatoms. The van der Waals surface area contributed by atoms with E-state index in [9.17, 15) is 9.90 Å². The summed E-state index contributed by atoms with van der Waals surface area (Å²) in [6, 6.07) is 7.72. The second-order valence-corrected chi connectivity index (χ2v) is 11.1. The first-order valence-electron chi connectivity index (χ1n) is 11.7. The van der Waals surface area contributed by atoms with Crippen LogP contribution in [-0.4, -0.2) is 58.4 Å². The highest BCUT2D eigenvalue weighted by atomic mass is 32.2. The lowest BCUT2D eigenvalue weighted by Gasteiger charge is -2.38. The van der Waals surface area contributed by atoms with E-state index >= 15 is 0 Å². The first-order valence-corrected chi connectivity index (χ1v) is 13.5. The molecular weight excluding hydrogens is 468 g/mol. The molecule has 3 heterocycles. The molecule has 0 spiro atoms. The van der Waals surface area contributed by atoms with Gasteiger partial charge in [0.1, 0.15) is 10.1 Å². The Bertz CT molecular complexity index is 1080. The van der Waals surface area contributed by atoms with Crippen molar-refractivity contribution in [3.05, 3.63) is 47.6 Å². The number of benzene rings is 1. The molecule has 0 bridgehead atoms. The number of hydrogen-bond acceptors (Lipinski definition) is 8. The lowest BCUT2D eigenvalue weighted by atomic mass is 9.79. The maximum atomic E-state index is 11.6. The van der Waals surface area contributed by atoms with Gasteiger partial charge in [0.25, 0.3) is 0 Å². The van der Waals surface area contributed by atoms with Gasteiger partial charge in [-0.05, 0) is 67.5 Å². The van der Waals surface area contributed by atoms with E-state index in [0.717, 1.165) is 71.2 Å². The van der Waals surface area contributed by atoms with Crippen LogP contribution in [0.4, 0.5) is 0 Å². The van der Waals surface area contributed by atoms with E-state index in [1.54, 1.807) is 36.4 Å². The first kappa shape index (κ1) is 24.9. The van der Waals surface area contributed by atoms with Crippen LogP contribution in [0.2, 0.25) is 0 Å². The van der Waals surface area contributed by atoms with E-state index in [2.05, 4.69) is 14.9 Å². The largest absolute Gasteiger partial charge is 0.497 e. The number of methoxy groups -OCH3 is 1. The SMILES string of the molecule is COc1ccc2nccc(C(N)CC[C@@H]3CCN(CCSc4nccs4)C[C@@H]3CC(=O)O)c2c1. The highest BCUT2D eigenvalue weighted by Crippen LogP contribution is 2.34. The molecule has 3 atom stereocenters. The summed E-state index contributed by atoms with van der Waals surface area (Å²) < 4.78 is 6.48. The molecule has 1 aromatic carbocycles. The number of likely N-dealkylation sites (tertiary alicyclic amines) is 1. The molecule has 0 radical (unpaired) electrons. The third kappa shape index (κ3) is 6.47. The standard InChI is InChI=1S/C25H32N4O3S2/c1-32-19-3-5-23-21(15-19)20(6-8-27-23)22(26)4-2-17-7-10-29(16-18(17)14-24(30)31)11-13-34-25-28-9-12-33-25/h3,5-6,8-9,12,15,17-18,22H,2,4,7,10-11,13-14,16,26H2,1H3,(H,30,31)/t17-,18+,22?/m1/s1. The van der Waals surface area contributed by atoms with Gasteiger partial charge in [-0.1, -0.05) is 11.8 Å². The van der Waals surface area contributed by atoms with E-state index in [4.69, 9.17) is 10.5 Å². The number of thioether (sulfide) groups is 1. The number of rotatable bonds is 11. The number of carboxylic acids is 1. The van der Waals surface area contributed by atoms with Crippen molar-refractivity contribution in [3.63, 3.8) is 0 Å². The van der Waals surface area contributed by atoms with Crippen LogP contribution in [-0.2, 0) is 4.79 Å². The Labute approximate surface area is 208 Å². The molecule has 3 aromatic rings. The predicted molar refractivity (Wildman–Crippen MR) is 138 cm³/mol. The number of hydrogen-bond donors (Lipinski definition) is 2. The van der Waals surface area contributed by atoms with E-state index in [-0.39, 0.29) is 18.4 Å². The summed E-state index contributed by atoms with van der Waals surface area (Å²) in [4.78, 5) is 22.8. The average molecular weight is 501 g/mol. The third-order valence-electron chi connectivity index (χ3n) is 6.69. The Balaban J connectivity index is 1.35. The van der Waals surface area contributed by atoms with Crippen LogP contribution >= 0.6 is 23.1 Å². The van der Waals surface area contributed by atoms with Crippen LogP contribution in [0, 0.1) is 11.8 Å². The van der Waals surface area contributed by atoms with Gasteiger partial charge >= 0.3 is 5.97 Å². The molecule has 0 aliphatic carbocycles. The molecule has 1 unspecified atom stereocenters. The Morgan fingerprint density at radius 3 is 2.97 bits per heavy atom. The van der Waals surface area contributed by atoms with Gasteiger partial charge in [0.15, 0.2) is 0 Å². The monoisotopic (exact) mass is 500 g/mol. The number of aliphatic carboxylic acids is 1. The zero-order chi connectivity index (χ0) is 23.9. The van der Waals surface area contributed by atoms with Crippen LogP contribution in [0.25, 0.3) is 10.9 Å². The van der Waals surface area contributed by atoms with Crippen molar-refractivity contribution in [1.29, 1.82) is 0 Å². The Hall–Kier alpha value is -2.20. The van der Waals surface area contributed by atoms with Gasteiger partial charge in [-0.25, -0.2) is 4.98 Å². The van der Waals surface area contributed by atoms with Crippen molar-refractivity contribution >= 4 is 40.0 Å². The molecule has 0 amide bonds. The first-order chi connectivity index (χ1) is 16.5. The number of nitrogens with zero attached hydrogens (tertiary/aromatic N) is 3. The van der Waals surface area contributed by atoms with Gasteiger partial charge in [-0.3, -0.25) is 9.78 Å². The highest BCUT2D eigenvalue weighted by Gasteiger charge is 2.31. The fourth-order valence-electron chi connectivity index (χ4n) is 4.88. The fourth-order valence-corrected chi connectivity index (χ4v) is 6.59. The maximum absolute atomic E-state index is 11.6. The van der Waals surface area contributed by atoms with Crippen molar-refractivity contribution < 1.29 is 14.6 Å². The number of aromatic nitrogens is 2. The summed E-state index contributed by atoms with van der Waals surface area (Å²) in [7, 11) is 1.66.